The van der Waals surface area contributed by atoms with Crippen molar-refractivity contribution in [2.45, 2.75) is 27.3 Å². The SMILES string of the molecule is CCn1c(Cl)nc2c(sc3nc(C)cc(C)c32)c1=O. The molecule has 0 N–H and O–H groups in total. The van der Waals surface area contributed by atoms with Crippen molar-refractivity contribution in [3.63, 3.8) is 0 Å². The van der Waals surface area contributed by atoms with Crippen LogP contribution in [0.2, 0.25) is 5.28 Å². The highest BCUT2D eigenvalue weighted by atomic mass is 35.5. The van der Waals surface area contributed by atoms with E-state index in [0.29, 0.717) is 16.8 Å². The highest BCUT2D eigenvalue weighted by molar-refractivity contribution is 7.25. The number of thiophene rings is 1. The van der Waals surface area contributed by atoms with Crippen LogP contribution in [0, 0.1) is 13.8 Å². The standard InChI is InChI=1S/C13H12ClN3OS/c1-4-17-12(18)10-9(16-13(17)14)8-6(2)5-7(3)15-11(8)19-10/h5H,4H2,1-3H3. The zero-order valence-electron chi connectivity index (χ0n) is 10.8. The van der Waals surface area contributed by atoms with Gasteiger partial charge in [-0.25, -0.2) is 9.97 Å². The van der Waals surface area contributed by atoms with Gasteiger partial charge in [-0.1, -0.05) is 0 Å². The minimum Gasteiger partial charge on any atom is -0.282 e. The predicted molar refractivity (Wildman–Crippen MR) is 79.3 cm³/mol. The molecule has 0 atom stereocenters. The first-order chi connectivity index (χ1) is 9.02. The Kier molecular flexibility index (Phi) is 2.83. The van der Waals surface area contributed by atoms with Gasteiger partial charge in [0.05, 0.1) is 5.52 Å². The van der Waals surface area contributed by atoms with Crippen molar-refractivity contribution in [3.05, 3.63) is 33.0 Å². The summed E-state index contributed by atoms with van der Waals surface area (Å²) in [6.45, 7) is 6.34. The van der Waals surface area contributed by atoms with Crippen LogP contribution >= 0.6 is 22.9 Å². The number of fused-ring (bicyclic) bond motifs is 3. The molecule has 3 aromatic heterocycles. The molecule has 0 bridgehead atoms. The number of hydrogen-bond acceptors (Lipinski definition) is 4. The van der Waals surface area contributed by atoms with Gasteiger partial charge in [-0.2, -0.15) is 0 Å². The van der Waals surface area contributed by atoms with E-state index in [2.05, 4.69) is 9.97 Å². The third-order valence-corrected chi connectivity index (χ3v) is 4.49. The molecule has 0 saturated heterocycles. The second-order valence-electron chi connectivity index (χ2n) is 4.47. The first-order valence-electron chi connectivity index (χ1n) is 5.99. The van der Waals surface area contributed by atoms with E-state index < -0.39 is 0 Å². The number of aryl methyl sites for hydroxylation is 2. The fourth-order valence-electron chi connectivity index (χ4n) is 2.31. The van der Waals surface area contributed by atoms with Crippen LogP contribution in [-0.2, 0) is 6.54 Å². The molecule has 3 aromatic rings. The first-order valence-corrected chi connectivity index (χ1v) is 7.19. The van der Waals surface area contributed by atoms with Crippen molar-refractivity contribution in [2.24, 2.45) is 0 Å². The van der Waals surface area contributed by atoms with Gasteiger partial charge in [-0.05, 0) is 44.0 Å². The molecule has 19 heavy (non-hydrogen) atoms. The smallest absolute Gasteiger partial charge is 0.272 e. The molecular formula is C13H12ClN3OS. The van der Waals surface area contributed by atoms with Crippen molar-refractivity contribution < 1.29 is 0 Å². The maximum atomic E-state index is 12.4. The van der Waals surface area contributed by atoms with Gasteiger partial charge in [-0.15, -0.1) is 11.3 Å². The van der Waals surface area contributed by atoms with Gasteiger partial charge in [-0.3, -0.25) is 9.36 Å². The van der Waals surface area contributed by atoms with E-state index >= 15 is 0 Å². The van der Waals surface area contributed by atoms with E-state index in [9.17, 15) is 4.79 Å². The van der Waals surface area contributed by atoms with Crippen molar-refractivity contribution in [1.82, 2.24) is 14.5 Å². The third-order valence-electron chi connectivity index (χ3n) is 3.14. The van der Waals surface area contributed by atoms with Crippen LogP contribution in [-0.4, -0.2) is 14.5 Å². The van der Waals surface area contributed by atoms with Crippen molar-refractivity contribution in [3.8, 4) is 0 Å². The maximum absolute atomic E-state index is 12.4. The van der Waals surface area contributed by atoms with E-state index in [1.54, 1.807) is 0 Å². The molecule has 3 rings (SSSR count). The lowest BCUT2D eigenvalue weighted by Crippen LogP contribution is -2.20. The molecule has 0 aliphatic rings. The highest BCUT2D eigenvalue weighted by Crippen LogP contribution is 2.32. The molecule has 6 heteroatoms. The van der Waals surface area contributed by atoms with Gasteiger partial charge in [0.1, 0.15) is 9.53 Å². The fraction of sp³-hybridized carbons (Fsp3) is 0.308. The van der Waals surface area contributed by atoms with Crippen molar-refractivity contribution in [2.75, 3.05) is 0 Å². The van der Waals surface area contributed by atoms with Crippen molar-refractivity contribution >= 4 is 43.4 Å². The highest BCUT2D eigenvalue weighted by Gasteiger charge is 2.16. The minimum absolute atomic E-state index is 0.0856. The molecule has 0 aromatic carbocycles. The van der Waals surface area contributed by atoms with Crippen LogP contribution in [0.5, 0.6) is 0 Å². The summed E-state index contributed by atoms with van der Waals surface area (Å²) in [5.41, 5.74) is 2.60. The van der Waals surface area contributed by atoms with Crippen LogP contribution in [0.25, 0.3) is 20.4 Å². The Labute approximate surface area is 118 Å². The number of nitrogens with zero attached hydrogens (tertiary/aromatic N) is 3. The minimum atomic E-state index is -0.0856. The Morgan fingerprint density at radius 3 is 2.79 bits per heavy atom. The summed E-state index contributed by atoms with van der Waals surface area (Å²) in [5, 5.41) is 1.17. The summed E-state index contributed by atoms with van der Waals surface area (Å²) in [7, 11) is 0. The van der Waals surface area contributed by atoms with Gasteiger partial charge < -0.3 is 0 Å². The predicted octanol–water partition coefficient (Wildman–Crippen LogP) is 3.30. The van der Waals surface area contributed by atoms with Crippen LogP contribution in [0.1, 0.15) is 18.2 Å². The average molecular weight is 294 g/mol. The van der Waals surface area contributed by atoms with Gasteiger partial charge in [0.15, 0.2) is 0 Å². The molecule has 0 aliphatic carbocycles. The van der Waals surface area contributed by atoms with Gasteiger partial charge in [0.25, 0.3) is 5.56 Å². The summed E-state index contributed by atoms with van der Waals surface area (Å²) in [6.07, 6.45) is 0. The number of aromatic nitrogens is 3. The summed E-state index contributed by atoms with van der Waals surface area (Å²) in [4.78, 5) is 22.1. The number of rotatable bonds is 1. The van der Waals surface area contributed by atoms with E-state index in [0.717, 1.165) is 21.5 Å². The fourth-order valence-corrected chi connectivity index (χ4v) is 3.77. The van der Waals surface area contributed by atoms with Gasteiger partial charge in [0, 0.05) is 17.6 Å². The summed E-state index contributed by atoms with van der Waals surface area (Å²) >= 11 is 7.47. The number of hydrogen-bond donors (Lipinski definition) is 0. The van der Waals surface area contributed by atoms with E-state index in [4.69, 9.17) is 11.6 Å². The second kappa shape index (κ2) is 4.28. The maximum Gasteiger partial charge on any atom is 0.272 e. The molecule has 0 amide bonds. The number of halogens is 1. The Balaban J connectivity index is 2.59. The molecule has 0 radical (unpaired) electrons. The molecule has 0 fully saturated rings. The first kappa shape index (κ1) is 12.6. The summed E-state index contributed by atoms with van der Waals surface area (Å²) in [5.74, 6) is 0. The lowest BCUT2D eigenvalue weighted by Gasteiger charge is -2.04. The molecule has 0 saturated carbocycles. The third kappa shape index (κ3) is 1.76. The Bertz CT molecular complexity index is 866. The van der Waals surface area contributed by atoms with Crippen molar-refractivity contribution in [1.29, 1.82) is 0 Å². The molecular weight excluding hydrogens is 282 g/mol. The van der Waals surface area contributed by atoms with Gasteiger partial charge >= 0.3 is 0 Å². The van der Waals surface area contributed by atoms with E-state index in [1.807, 2.05) is 26.8 Å². The molecule has 0 unspecified atom stereocenters. The Morgan fingerprint density at radius 1 is 1.37 bits per heavy atom. The normalized spacial score (nSPS) is 11.6. The zero-order chi connectivity index (χ0) is 13.7. The second-order valence-corrected chi connectivity index (χ2v) is 5.81. The molecule has 0 spiro atoms. The topological polar surface area (TPSA) is 47.8 Å². The quantitative estimate of drug-likeness (QED) is 0.647. The Morgan fingerprint density at radius 2 is 2.11 bits per heavy atom. The summed E-state index contributed by atoms with van der Waals surface area (Å²) in [6, 6.07) is 2.00. The van der Waals surface area contributed by atoms with Gasteiger partial charge in [0.2, 0.25) is 5.28 Å². The van der Waals surface area contributed by atoms with Crippen LogP contribution in [0.3, 0.4) is 0 Å². The molecule has 3 heterocycles. The van der Waals surface area contributed by atoms with Crippen LogP contribution in [0.4, 0.5) is 0 Å². The number of pyridine rings is 1. The van der Waals surface area contributed by atoms with Crippen LogP contribution < -0.4 is 5.56 Å². The molecule has 0 aliphatic heterocycles. The monoisotopic (exact) mass is 293 g/mol. The lowest BCUT2D eigenvalue weighted by molar-refractivity contribution is 0.720. The zero-order valence-corrected chi connectivity index (χ0v) is 12.4. The lowest BCUT2D eigenvalue weighted by atomic mass is 10.1. The van der Waals surface area contributed by atoms with Crippen LogP contribution in [0.15, 0.2) is 10.9 Å². The van der Waals surface area contributed by atoms with E-state index in [-0.39, 0.29) is 10.8 Å². The largest absolute Gasteiger partial charge is 0.282 e. The molecule has 98 valence electrons. The molecule has 4 nitrogen and oxygen atoms in total. The summed E-state index contributed by atoms with van der Waals surface area (Å²) < 4.78 is 2.10. The Hall–Kier alpha value is -1.46. The van der Waals surface area contributed by atoms with E-state index in [1.165, 1.54) is 15.9 Å². The average Bonchev–Trinajstić information content (AvgIpc) is 2.68.